The second-order valence-corrected chi connectivity index (χ2v) is 7.05. The highest BCUT2D eigenvalue weighted by molar-refractivity contribution is 5.86. The molecule has 0 bridgehead atoms. The first kappa shape index (κ1) is 18.7. The summed E-state index contributed by atoms with van der Waals surface area (Å²) in [6.07, 6.45) is 2.14. The molecule has 0 aliphatic heterocycles. The second-order valence-electron chi connectivity index (χ2n) is 7.05. The van der Waals surface area contributed by atoms with E-state index < -0.39 is 0 Å². The lowest BCUT2D eigenvalue weighted by atomic mass is 9.96. The number of benzene rings is 1. The smallest absolute Gasteiger partial charge is 0.133 e. The Morgan fingerprint density at radius 3 is 2.67 bits per heavy atom. The van der Waals surface area contributed by atoms with Gasteiger partial charge in [-0.3, -0.25) is 0 Å². The average molecular weight is 331 g/mol. The van der Waals surface area contributed by atoms with E-state index in [1.807, 2.05) is 39.0 Å². The zero-order valence-corrected chi connectivity index (χ0v) is 15.3. The first-order chi connectivity index (χ1) is 11.5. The summed E-state index contributed by atoms with van der Waals surface area (Å²) in [6.45, 7) is 9.87. The van der Waals surface area contributed by atoms with E-state index in [2.05, 4.69) is 13.0 Å². The number of aliphatic hydroxyl groups excluding tert-OH is 1. The molecule has 132 valence electrons. The van der Waals surface area contributed by atoms with Gasteiger partial charge in [0.15, 0.2) is 0 Å². The summed E-state index contributed by atoms with van der Waals surface area (Å²) < 4.78 is 11.9. The predicted octanol–water partition coefficient (Wildman–Crippen LogP) is 4.26. The van der Waals surface area contributed by atoms with Gasteiger partial charge in [0.25, 0.3) is 0 Å². The van der Waals surface area contributed by atoms with Crippen molar-refractivity contribution in [3.63, 3.8) is 0 Å². The Morgan fingerprint density at radius 1 is 1.21 bits per heavy atom. The van der Waals surface area contributed by atoms with Gasteiger partial charge in [0.2, 0.25) is 0 Å². The molecule has 0 saturated carbocycles. The van der Waals surface area contributed by atoms with Crippen molar-refractivity contribution in [3.8, 4) is 5.75 Å². The summed E-state index contributed by atoms with van der Waals surface area (Å²) in [5.41, 5.74) is 2.61. The Balaban J connectivity index is 2.24. The summed E-state index contributed by atoms with van der Waals surface area (Å²) in [5, 5.41) is 10.4. The van der Waals surface area contributed by atoms with E-state index in [0.29, 0.717) is 19.8 Å². The molecule has 4 nitrogen and oxygen atoms in total. The fourth-order valence-electron chi connectivity index (χ4n) is 2.44. The molecule has 1 aromatic heterocycles. The minimum absolute atomic E-state index is 0.0997. The Bertz CT molecular complexity index is 667. The molecule has 2 aromatic rings. The number of nitrogens with zero attached hydrogens (tertiary/aromatic N) is 1. The molecule has 0 unspecified atom stereocenters. The van der Waals surface area contributed by atoms with Gasteiger partial charge in [0.1, 0.15) is 5.75 Å². The highest BCUT2D eigenvalue weighted by atomic mass is 16.5. The topological polar surface area (TPSA) is 51.6 Å². The summed E-state index contributed by atoms with van der Waals surface area (Å²) in [7, 11) is 0. The Kier molecular flexibility index (Phi) is 6.58. The molecular formula is C20H29NO3. The number of unbranched alkanes of at least 4 members (excludes halogenated alkanes) is 1. The third-order valence-electron chi connectivity index (χ3n) is 4.08. The summed E-state index contributed by atoms with van der Waals surface area (Å²) >= 11 is 0. The van der Waals surface area contributed by atoms with Crippen molar-refractivity contribution >= 4 is 10.9 Å². The zero-order chi connectivity index (χ0) is 17.6. The first-order valence-corrected chi connectivity index (χ1v) is 8.68. The van der Waals surface area contributed by atoms with Gasteiger partial charge >= 0.3 is 0 Å². The van der Waals surface area contributed by atoms with Gasteiger partial charge in [0, 0.05) is 16.4 Å². The van der Waals surface area contributed by atoms with Crippen LogP contribution in [-0.4, -0.2) is 29.9 Å². The molecule has 0 aliphatic rings. The van der Waals surface area contributed by atoms with Gasteiger partial charge in [-0.15, -0.1) is 0 Å². The van der Waals surface area contributed by atoms with E-state index in [1.54, 1.807) is 0 Å². The average Bonchev–Trinajstić information content (AvgIpc) is 2.57. The fraction of sp³-hybridized carbons (Fsp3) is 0.550. The van der Waals surface area contributed by atoms with E-state index in [4.69, 9.17) is 14.5 Å². The number of hydrogen-bond donors (Lipinski definition) is 1. The third-order valence-corrected chi connectivity index (χ3v) is 4.08. The van der Waals surface area contributed by atoms with Crippen LogP contribution in [0.3, 0.4) is 0 Å². The largest absolute Gasteiger partial charge is 0.493 e. The van der Waals surface area contributed by atoms with Crippen molar-refractivity contribution in [2.24, 2.45) is 5.41 Å². The number of para-hydroxylation sites is 1. The molecule has 0 radical (unpaired) electrons. The molecular weight excluding hydrogens is 302 g/mol. The van der Waals surface area contributed by atoms with Crippen LogP contribution in [0.25, 0.3) is 10.9 Å². The number of fused-ring (bicyclic) bond motifs is 1. The van der Waals surface area contributed by atoms with Gasteiger partial charge in [-0.2, -0.15) is 0 Å². The van der Waals surface area contributed by atoms with E-state index in [9.17, 15) is 5.11 Å². The number of rotatable bonds is 9. The summed E-state index contributed by atoms with van der Waals surface area (Å²) in [5.74, 6) is 0.911. The molecule has 0 saturated heterocycles. The zero-order valence-electron chi connectivity index (χ0n) is 15.3. The Morgan fingerprint density at radius 2 is 1.96 bits per heavy atom. The number of aromatic nitrogens is 1. The van der Waals surface area contributed by atoms with Crippen molar-refractivity contribution in [1.82, 2.24) is 4.98 Å². The van der Waals surface area contributed by atoms with Crippen molar-refractivity contribution in [2.75, 3.05) is 19.8 Å². The number of hydrogen-bond acceptors (Lipinski definition) is 4. The van der Waals surface area contributed by atoms with Crippen LogP contribution in [0, 0.1) is 12.3 Å². The van der Waals surface area contributed by atoms with Crippen molar-refractivity contribution in [2.45, 2.75) is 47.1 Å². The maximum atomic E-state index is 9.34. The molecule has 1 N–H and O–H groups in total. The van der Waals surface area contributed by atoms with E-state index in [-0.39, 0.29) is 12.0 Å². The van der Waals surface area contributed by atoms with E-state index in [0.717, 1.165) is 40.8 Å². The maximum Gasteiger partial charge on any atom is 0.133 e. The van der Waals surface area contributed by atoms with E-state index in [1.165, 1.54) is 0 Å². The molecule has 0 spiro atoms. The normalized spacial score (nSPS) is 11.9. The minimum atomic E-state index is -0.245. The molecule has 1 aromatic carbocycles. The number of ether oxygens (including phenoxy) is 2. The fourth-order valence-corrected chi connectivity index (χ4v) is 2.44. The number of aliphatic hydroxyl groups is 1. The minimum Gasteiger partial charge on any atom is -0.493 e. The predicted molar refractivity (Wildman–Crippen MR) is 97.4 cm³/mol. The van der Waals surface area contributed by atoms with Crippen LogP contribution >= 0.6 is 0 Å². The SMILES string of the molecule is CCCCOc1c(C)c(COCC(C)(C)CO)nc2ccccc12. The van der Waals surface area contributed by atoms with Gasteiger partial charge in [0.05, 0.1) is 37.6 Å². The second kappa shape index (κ2) is 8.45. The highest BCUT2D eigenvalue weighted by Gasteiger charge is 2.18. The van der Waals surface area contributed by atoms with Crippen LogP contribution < -0.4 is 4.74 Å². The summed E-state index contributed by atoms with van der Waals surface area (Å²) in [6, 6.07) is 8.05. The van der Waals surface area contributed by atoms with Crippen LogP contribution in [0.2, 0.25) is 0 Å². The molecule has 0 atom stereocenters. The molecule has 0 aliphatic carbocycles. The summed E-state index contributed by atoms with van der Waals surface area (Å²) in [4.78, 5) is 4.74. The van der Waals surface area contributed by atoms with Crippen LogP contribution in [0.5, 0.6) is 5.75 Å². The lowest BCUT2D eigenvalue weighted by Gasteiger charge is -2.22. The van der Waals surface area contributed by atoms with E-state index >= 15 is 0 Å². The molecule has 4 heteroatoms. The van der Waals surface area contributed by atoms with Gasteiger partial charge in [-0.1, -0.05) is 39.3 Å². The van der Waals surface area contributed by atoms with Crippen molar-refractivity contribution in [1.29, 1.82) is 0 Å². The highest BCUT2D eigenvalue weighted by Crippen LogP contribution is 2.31. The third kappa shape index (κ3) is 4.68. The van der Waals surface area contributed by atoms with Crippen molar-refractivity contribution in [3.05, 3.63) is 35.5 Å². The maximum absolute atomic E-state index is 9.34. The van der Waals surface area contributed by atoms with Crippen LogP contribution in [0.1, 0.15) is 44.9 Å². The molecule has 0 fully saturated rings. The van der Waals surface area contributed by atoms with Crippen LogP contribution in [-0.2, 0) is 11.3 Å². The van der Waals surface area contributed by atoms with Gasteiger partial charge in [-0.05, 0) is 25.5 Å². The molecule has 1 heterocycles. The molecule has 0 amide bonds. The first-order valence-electron chi connectivity index (χ1n) is 8.68. The van der Waals surface area contributed by atoms with Crippen LogP contribution in [0.15, 0.2) is 24.3 Å². The lowest BCUT2D eigenvalue weighted by Crippen LogP contribution is -2.23. The van der Waals surface area contributed by atoms with Crippen molar-refractivity contribution < 1.29 is 14.6 Å². The lowest BCUT2D eigenvalue weighted by molar-refractivity contribution is 0.0184. The Hall–Kier alpha value is -1.65. The Labute approximate surface area is 144 Å². The van der Waals surface area contributed by atoms with Crippen LogP contribution in [0.4, 0.5) is 0 Å². The quantitative estimate of drug-likeness (QED) is 0.698. The molecule has 24 heavy (non-hydrogen) atoms. The standard InChI is InChI=1S/C20H29NO3/c1-5-6-11-24-19-15(2)18(12-23-14-20(3,4)13-22)21-17-10-8-7-9-16(17)19/h7-10,22H,5-6,11-14H2,1-4H3. The monoisotopic (exact) mass is 331 g/mol. The molecule has 2 rings (SSSR count). The van der Waals surface area contributed by atoms with Gasteiger partial charge < -0.3 is 14.6 Å². The number of pyridine rings is 1. The van der Waals surface area contributed by atoms with Gasteiger partial charge in [-0.25, -0.2) is 4.98 Å².